The second-order valence-electron chi connectivity index (χ2n) is 3.47. The number of nitrogen functional groups attached to an aromatic ring is 1. The molecular formula is C10H9N5S. The van der Waals surface area contributed by atoms with Gasteiger partial charge in [0.25, 0.3) is 0 Å². The van der Waals surface area contributed by atoms with Gasteiger partial charge in [0.05, 0.1) is 16.3 Å². The lowest BCUT2D eigenvalue weighted by Gasteiger charge is -1.98. The SMILES string of the molecule is Cc1ccc2nnc(-c3sccc3N)n2n1. The molecule has 5 nitrogen and oxygen atoms in total. The number of nitrogens with two attached hydrogens (primary N) is 1. The van der Waals surface area contributed by atoms with Gasteiger partial charge >= 0.3 is 0 Å². The lowest BCUT2D eigenvalue weighted by molar-refractivity contribution is 0.904. The lowest BCUT2D eigenvalue weighted by Crippen LogP contribution is -1.97. The number of aryl methyl sites for hydroxylation is 1. The van der Waals surface area contributed by atoms with Crippen molar-refractivity contribution in [1.29, 1.82) is 0 Å². The fourth-order valence-electron chi connectivity index (χ4n) is 1.52. The summed E-state index contributed by atoms with van der Waals surface area (Å²) in [6, 6.07) is 5.66. The number of nitrogens with zero attached hydrogens (tertiary/aromatic N) is 4. The van der Waals surface area contributed by atoms with Gasteiger partial charge in [0.15, 0.2) is 11.5 Å². The van der Waals surface area contributed by atoms with Gasteiger partial charge in [0, 0.05) is 0 Å². The van der Waals surface area contributed by atoms with Crippen LogP contribution in [0.25, 0.3) is 16.3 Å². The van der Waals surface area contributed by atoms with Crippen LogP contribution in [0.5, 0.6) is 0 Å². The molecule has 0 bridgehead atoms. The number of hydrogen-bond acceptors (Lipinski definition) is 5. The van der Waals surface area contributed by atoms with E-state index in [0.717, 1.165) is 16.2 Å². The minimum atomic E-state index is 0.700. The van der Waals surface area contributed by atoms with E-state index in [1.165, 1.54) is 11.3 Å². The standard InChI is InChI=1S/C10H9N5S/c1-6-2-3-8-12-13-10(15(8)14-6)9-7(11)4-5-16-9/h2-5H,11H2,1H3. The third-order valence-electron chi connectivity index (χ3n) is 2.29. The maximum atomic E-state index is 5.86. The highest BCUT2D eigenvalue weighted by atomic mass is 32.1. The van der Waals surface area contributed by atoms with Gasteiger partial charge < -0.3 is 5.73 Å². The van der Waals surface area contributed by atoms with E-state index in [1.807, 2.05) is 30.5 Å². The summed E-state index contributed by atoms with van der Waals surface area (Å²) in [7, 11) is 0. The summed E-state index contributed by atoms with van der Waals surface area (Å²) in [5, 5.41) is 14.5. The zero-order chi connectivity index (χ0) is 11.1. The summed E-state index contributed by atoms with van der Waals surface area (Å²) >= 11 is 1.54. The summed E-state index contributed by atoms with van der Waals surface area (Å²) in [6.07, 6.45) is 0. The molecule has 3 rings (SSSR count). The molecule has 2 N–H and O–H groups in total. The molecule has 0 unspecified atom stereocenters. The lowest BCUT2D eigenvalue weighted by atomic mass is 10.4. The molecule has 0 spiro atoms. The molecule has 0 saturated carbocycles. The smallest absolute Gasteiger partial charge is 0.197 e. The van der Waals surface area contributed by atoms with Gasteiger partial charge in [-0.25, -0.2) is 0 Å². The average Bonchev–Trinajstić information content (AvgIpc) is 2.83. The van der Waals surface area contributed by atoms with E-state index < -0.39 is 0 Å². The number of rotatable bonds is 1. The van der Waals surface area contributed by atoms with Gasteiger partial charge in [0.2, 0.25) is 0 Å². The minimum Gasteiger partial charge on any atom is -0.397 e. The van der Waals surface area contributed by atoms with Crippen molar-refractivity contribution in [3.8, 4) is 10.7 Å². The maximum absolute atomic E-state index is 5.86. The first kappa shape index (κ1) is 9.29. The summed E-state index contributed by atoms with van der Waals surface area (Å²) in [5.41, 5.74) is 8.22. The van der Waals surface area contributed by atoms with Crippen LogP contribution < -0.4 is 5.73 Å². The molecule has 6 heteroatoms. The number of fused-ring (bicyclic) bond motifs is 1. The molecule has 0 aliphatic rings. The van der Waals surface area contributed by atoms with Crippen LogP contribution in [0.4, 0.5) is 5.69 Å². The highest BCUT2D eigenvalue weighted by Gasteiger charge is 2.12. The molecule has 3 aromatic heterocycles. The summed E-state index contributed by atoms with van der Waals surface area (Å²) in [6.45, 7) is 1.93. The van der Waals surface area contributed by atoms with Crippen LogP contribution in [0.1, 0.15) is 5.69 Å². The highest BCUT2D eigenvalue weighted by Crippen LogP contribution is 2.29. The van der Waals surface area contributed by atoms with Crippen LogP contribution in [0.15, 0.2) is 23.6 Å². The van der Waals surface area contributed by atoms with Gasteiger partial charge in [-0.1, -0.05) is 0 Å². The van der Waals surface area contributed by atoms with E-state index >= 15 is 0 Å². The molecule has 0 fully saturated rings. The van der Waals surface area contributed by atoms with Crippen LogP contribution in [0, 0.1) is 6.92 Å². The van der Waals surface area contributed by atoms with Crippen molar-refractivity contribution in [2.24, 2.45) is 0 Å². The average molecular weight is 231 g/mol. The predicted octanol–water partition coefficient (Wildman–Crippen LogP) is 1.74. The van der Waals surface area contributed by atoms with Crippen LogP contribution in [-0.4, -0.2) is 19.8 Å². The van der Waals surface area contributed by atoms with Crippen molar-refractivity contribution in [2.45, 2.75) is 6.92 Å². The maximum Gasteiger partial charge on any atom is 0.197 e. The van der Waals surface area contributed by atoms with E-state index in [9.17, 15) is 0 Å². The van der Waals surface area contributed by atoms with E-state index in [-0.39, 0.29) is 0 Å². The Morgan fingerprint density at radius 1 is 1.25 bits per heavy atom. The zero-order valence-corrected chi connectivity index (χ0v) is 9.40. The van der Waals surface area contributed by atoms with Crippen LogP contribution in [0.2, 0.25) is 0 Å². The van der Waals surface area contributed by atoms with Crippen molar-refractivity contribution in [1.82, 2.24) is 19.8 Å². The molecule has 3 heterocycles. The van der Waals surface area contributed by atoms with Gasteiger partial charge in [-0.15, -0.1) is 21.5 Å². The second kappa shape index (κ2) is 3.28. The fraction of sp³-hybridized carbons (Fsp3) is 0.100. The van der Waals surface area contributed by atoms with Crippen molar-refractivity contribution in [3.05, 3.63) is 29.3 Å². The number of anilines is 1. The monoisotopic (exact) mass is 231 g/mol. The Labute approximate surface area is 95.5 Å². The van der Waals surface area contributed by atoms with Crippen LogP contribution in [0.3, 0.4) is 0 Å². The molecular weight excluding hydrogens is 222 g/mol. The fourth-order valence-corrected chi connectivity index (χ4v) is 2.31. The highest BCUT2D eigenvalue weighted by molar-refractivity contribution is 7.14. The second-order valence-corrected chi connectivity index (χ2v) is 4.39. The first-order valence-corrected chi connectivity index (χ1v) is 5.66. The van der Waals surface area contributed by atoms with Crippen molar-refractivity contribution in [3.63, 3.8) is 0 Å². The molecule has 0 atom stereocenters. The molecule has 16 heavy (non-hydrogen) atoms. The van der Waals surface area contributed by atoms with Crippen molar-refractivity contribution < 1.29 is 0 Å². The normalized spacial score (nSPS) is 11.1. The molecule has 0 saturated heterocycles. The number of aromatic nitrogens is 4. The van der Waals surface area contributed by atoms with Crippen LogP contribution in [-0.2, 0) is 0 Å². The van der Waals surface area contributed by atoms with E-state index in [4.69, 9.17) is 5.73 Å². The Bertz CT molecular complexity index is 654. The third kappa shape index (κ3) is 1.27. The van der Waals surface area contributed by atoms with Crippen molar-refractivity contribution >= 4 is 22.7 Å². The summed E-state index contributed by atoms with van der Waals surface area (Å²) in [4.78, 5) is 0.908. The minimum absolute atomic E-state index is 0.700. The topological polar surface area (TPSA) is 69.1 Å². The first-order valence-electron chi connectivity index (χ1n) is 4.78. The van der Waals surface area contributed by atoms with Gasteiger partial charge in [-0.2, -0.15) is 9.61 Å². The summed E-state index contributed by atoms with van der Waals surface area (Å²) in [5.74, 6) is 0.700. The molecule has 0 amide bonds. The van der Waals surface area contributed by atoms with E-state index in [1.54, 1.807) is 4.52 Å². The van der Waals surface area contributed by atoms with E-state index in [2.05, 4.69) is 15.3 Å². The van der Waals surface area contributed by atoms with Crippen LogP contribution >= 0.6 is 11.3 Å². The van der Waals surface area contributed by atoms with E-state index in [0.29, 0.717) is 11.5 Å². The van der Waals surface area contributed by atoms with Gasteiger partial charge in [-0.05, 0) is 30.5 Å². The molecule has 80 valence electrons. The van der Waals surface area contributed by atoms with Gasteiger partial charge in [-0.3, -0.25) is 0 Å². The Morgan fingerprint density at radius 3 is 2.88 bits per heavy atom. The molecule has 3 aromatic rings. The Hall–Kier alpha value is -1.95. The molecule has 0 aromatic carbocycles. The molecule has 0 radical (unpaired) electrons. The largest absolute Gasteiger partial charge is 0.397 e. The summed E-state index contributed by atoms with van der Waals surface area (Å²) < 4.78 is 1.72. The molecule has 0 aliphatic carbocycles. The first-order chi connectivity index (χ1) is 7.75. The Morgan fingerprint density at radius 2 is 2.12 bits per heavy atom. The molecule has 0 aliphatic heterocycles. The zero-order valence-electron chi connectivity index (χ0n) is 8.58. The number of hydrogen-bond donors (Lipinski definition) is 1. The third-order valence-corrected chi connectivity index (χ3v) is 3.22. The Kier molecular flexibility index (Phi) is 1.90. The number of thiophene rings is 1. The van der Waals surface area contributed by atoms with Crippen molar-refractivity contribution in [2.75, 3.05) is 5.73 Å². The predicted molar refractivity (Wildman–Crippen MR) is 63.2 cm³/mol. The van der Waals surface area contributed by atoms with Gasteiger partial charge in [0.1, 0.15) is 0 Å². The quantitative estimate of drug-likeness (QED) is 0.692. The Balaban J connectivity index is 2.32.